The molecule has 0 radical (unpaired) electrons. The van der Waals surface area contributed by atoms with E-state index in [2.05, 4.69) is 26.2 Å². The molecule has 0 aromatic carbocycles. The van der Waals surface area contributed by atoms with Gasteiger partial charge in [0.2, 0.25) is 5.91 Å². The van der Waals surface area contributed by atoms with Crippen LogP contribution in [0.25, 0.3) is 0 Å². The highest BCUT2D eigenvalue weighted by atomic mass is 79.9. The number of aromatic carboxylic acids is 1. The summed E-state index contributed by atoms with van der Waals surface area (Å²) in [4.78, 5) is 28.0. The molecule has 0 unspecified atom stereocenters. The van der Waals surface area contributed by atoms with Gasteiger partial charge in [-0.2, -0.15) is 0 Å². The molecule has 1 aromatic rings. The summed E-state index contributed by atoms with van der Waals surface area (Å²) in [6.07, 6.45) is 1.81. The average molecular weight is 316 g/mol. The first kappa shape index (κ1) is 14.4. The lowest BCUT2D eigenvalue weighted by Crippen LogP contribution is -2.28. The lowest BCUT2D eigenvalue weighted by Gasteiger charge is -2.19. The fourth-order valence-electron chi connectivity index (χ4n) is 1.39. The molecule has 0 atom stereocenters. The van der Waals surface area contributed by atoms with Crippen molar-refractivity contribution in [1.29, 1.82) is 0 Å². The summed E-state index contributed by atoms with van der Waals surface area (Å²) in [5.74, 6) is -0.809. The van der Waals surface area contributed by atoms with Gasteiger partial charge in [-0.05, 0) is 22.0 Å². The minimum Gasteiger partial charge on any atom is -0.478 e. The summed E-state index contributed by atoms with van der Waals surface area (Å²) >= 11 is 3.18. The van der Waals surface area contributed by atoms with Crippen molar-refractivity contribution < 1.29 is 14.7 Å². The van der Waals surface area contributed by atoms with Crippen LogP contribution in [0.4, 0.5) is 5.82 Å². The molecule has 7 heteroatoms. The number of aromatic nitrogens is 1. The Bertz CT molecular complexity index is 465. The Morgan fingerprint density at radius 1 is 1.56 bits per heavy atom. The third-order valence-electron chi connectivity index (χ3n) is 2.38. The molecule has 6 nitrogen and oxygen atoms in total. The standard InChI is InChI=1S/C11H14BrN3O3/c1-13-9(16)3-4-15(2)10-8(11(17)18)5-7(12)6-14-10/h5-6H,3-4H2,1-2H3,(H,13,16)(H,17,18). The highest BCUT2D eigenvalue weighted by Gasteiger charge is 2.16. The van der Waals surface area contributed by atoms with E-state index in [1.807, 2.05) is 0 Å². The number of carbonyl (C=O) groups is 2. The second-order valence-electron chi connectivity index (χ2n) is 3.67. The fraction of sp³-hybridized carbons (Fsp3) is 0.364. The predicted molar refractivity (Wildman–Crippen MR) is 70.9 cm³/mol. The highest BCUT2D eigenvalue weighted by molar-refractivity contribution is 9.10. The monoisotopic (exact) mass is 315 g/mol. The Kier molecular flexibility index (Phi) is 5.08. The molecule has 98 valence electrons. The molecule has 1 amide bonds. The zero-order valence-electron chi connectivity index (χ0n) is 10.1. The third-order valence-corrected chi connectivity index (χ3v) is 2.81. The van der Waals surface area contributed by atoms with Crippen molar-refractivity contribution in [3.63, 3.8) is 0 Å². The van der Waals surface area contributed by atoms with Gasteiger partial charge in [-0.25, -0.2) is 9.78 Å². The van der Waals surface area contributed by atoms with E-state index in [4.69, 9.17) is 5.11 Å². The largest absolute Gasteiger partial charge is 0.478 e. The first-order chi connectivity index (χ1) is 8.45. The molecular formula is C11H14BrN3O3. The molecule has 18 heavy (non-hydrogen) atoms. The molecule has 0 saturated heterocycles. The second-order valence-corrected chi connectivity index (χ2v) is 4.59. The van der Waals surface area contributed by atoms with Gasteiger partial charge in [0, 0.05) is 37.7 Å². The highest BCUT2D eigenvalue weighted by Crippen LogP contribution is 2.20. The van der Waals surface area contributed by atoms with Crippen LogP contribution in [-0.4, -0.2) is 42.6 Å². The van der Waals surface area contributed by atoms with Gasteiger partial charge in [-0.3, -0.25) is 4.79 Å². The van der Waals surface area contributed by atoms with Gasteiger partial charge >= 0.3 is 5.97 Å². The van der Waals surface area contributed by atoms with Crippen molar-refractivity contribution in [2.45, 2.75) is 6.42 Å². The van der Waals surface area contributed by atoms with E-state index in [1.165, 1.54) is 12.3 Å². The van der Waals surface area contributed by atoms with Crippen LogP contribution >= 0.6 is 15.9 Å². The van der Waals surface area contributed by atoms with Gasteiger partial charge in [0.05, 0.1) is 0 Å². The van der Waals surface area contributed by atoms with Crippen molar-refractivity contribution in [3.8, 4) is 0 Å². The van der Waals surface area contributed by atoms with Gasteiger partial charge < -0.3 is 15.3 Å². The van der Waals surface area contributed by atoms with Crippen molar-refractivity contribution in [2.24, 2.45) is 0 Å². The lowest BCUT2D eigenvalue weighted by molar-refractivity contribution is -0.120. The van der Waals surface area contributed by atoms with Gasteiger partial charge in [-0.15, -0.1) is 0 Å². The summed E-state index contributed by atoms with van der Waals surface area (Å²) in [6.45, 7) is 0.397. The normalized spacial score (nSPS) is 9.94. The topological polar surface area (TPSA) is 82.5 Å². The molecule has 0 bridgehead atoms. The van der Waals surface area contributed by atoms with E-state index in [0.717, 1.165) is 0 Å². The van der Waals surface area contributed by atoms with Crippen molar-refractivity contribution in [3.05, 3.63) is 22.3 Å². The van der Waals surface area contributed by atoms with Gasteiger partial charge in [0.25, 0.3) is 0 Å². The second kappa shape index (κ2) is 6.34. The molecule has 0 fully saturated rings. The Morgan fingerprint density at radius 3 is 2.78 bits per heavy atom. The van der Waals surface area contributed by atoms with E-state index in [9.17, 15) is 9.59 Å². The third kappa shape index (κ3) is 3.69. The van der Waals surface area contributed by atoms with Crippen molar-refractivity contribution in [2.75, 3.05) is 25.5 Å². The van der Waals surface area contributed by atoms with Crippen LogP contribution in [0.1, 0.15) is 16.8 Å². The summed E-state index contributed by atoms with van der Waals surface area (Å²) < 4.78 is 0.600. The number of anilines is 1. The first-order valence-electron chi connectivity index (χ1n) is 5.26. The van der Waals surface area contributed by atoms with Crippen LogP contribution in [0.3, 0.4) is 0 Å². The Morgan fingerprint density at radius 2 is 2.22 bits per heavy atom. The molecule has 0 saturated carbocycles. The minimum absolute atomic E-state index is 0.101. The minimum atomic E-state index is -1.05. The quantitative estimate of drug-likeness (QED) is 0.850. The van der Waals surface area contributed by atoms with E-state index in [1.54, 1.807) is 19.0 Å². The van der Waals surface area contributed by atoms with Crippen LogP contribution in [0, 0.1) is 0 Å². The average Bonchev–Trinajstić information content (AvgIpc) is 2.35. The zero-order chi connectivity index (χ0) is 13.7. The summed E-state index contributed by atoms with van der Waals surface area (Å²) in [5.41, 5.74) is 0.101. The van der Waals surface area contributed by atoms with Crippen LogP contribution < -0.4 is 10.2 Å². The smallest absolute Gasteiger partial charge is 0.339 e. The van der Waals surface area contributed by atoms with E-state index >= 15 is 0 Å². The zero-order valence-corrected chi connectivity index (χ0v) is 11.7. The van der Waals surface area contributed by atoms with Gasteiger partial charge in [-0.1, -0.05) is 0 Å². The molecule has 2 N–H and O–H groups in total. The molecule has 1 heterocycles. The molecule has 0 aliphatic carbocycles. The van der Waals surface area contributed by atoms with E-state index < -0.39 is 5.97 Å². The number of hydrogen-bond donors (Lipinski definition) is 2. The van der Waals surface area contributed by atoms with Crippen LogP contribution in [0.15, 0.2) is 16.7 Å². The lowest BCUT2D eigenvalue weighted by atomic mass is 10.2. The van der Waals surface area contributed by atoms with E-state index in [-0.39, 0.29) is 17.9 Å². The fourth-order valence-corrected chi connectivity index (χ4v) is 1.73. The molecule has 0 aliphatic heterocycles. The Balaban J connectivity index is 2.88. The van der Waals surface area contributed by atoms with Crippen LogP contribution in [-0.2, 0) is 4.79 Å². The number of halogens is 1. The van der Waals surface area contributed by atoms with Gasteiger partial charge in [0.15, 0.2) is 0 Å². The van der Waals surface area contributed by atoms with Crippen molar-refractivity contribution in [1.82, 2.24) is 10.3 Å². The SMILES string of the molecule is CNC(=O)CCN(C)c1ncc(Br)cc1C(=O)O. The Hall–Kier alpha value is -1.63. The molecular weight excluding hydrogens is 302 g/mol. The maximum Gasteiger partial charge on any atom is 0.339 e. The number of nitrogens with zero attached hydrogens (tertiary/aromatic N) is 2. The number of hydrogen-bond acceptors (Lipinski definition) is 4. The number of amides is 1. The summed E-state index contributed by atoms with van der Waals surface area (Å²) in [7, 11) is 3.26. The van der Waals surface area contributed by atoms with Crippen LogP contribution in [0.2, 0.25) is 0 Å². The number of pyridine rings is 1. The summed E-state index contributed by atoms with van der Waals surface area (Å²) in [5, 5.41) is 11.6. The molecule has 0 spiro atoms. The maximum atomic E-state index is 11.1. The van der Waals surface area contributed by atoms with Crippen molar-refractivity contribution >= 4 is 33.6 Å². The Labute approximate surface area is 113 Å². The van der Waals surface area contributed by atoms with Crippen LogP contribution in [0.5, 0.6) is 0 Å². The molecule has 1 aromatic heterocycles. The number of nitrogens with one attached hydrogen (secondary N) is 1. The maximum absolute atomic E-state index is 11.1. The number of carboxylic acids is 1. The molecule has 0 aliphatic rings. The summed E-state index contributed by atoms with van der Waals surface area (Å²) in [6, 6.07) is 1.49. The predicted octanol–water partition coefficient (Wildman–Crippen LogP) is 1.11. The number of carboxylic acid groups (broad SMARTS) is 1. The van der Waals surface area contributed by atoms with Gasteiger partial charge in [0.1, 0.15) is 11.4 Å². The number of rotatable bonds is 5. The molecule has 1 rings (SSSR count). The first-order valence-corrected chi connectivity index (χ1v) is 6.05. The van der Waals surface area contributed by atoms with E-state index in [0.29, 0.717) is 16.8 Å². The number of carbonyl (C=O) groups excluding carboxylic acids is 1.